The molecule has 1 aliphatic rings. The first kappa shape index (κ1) is 18.3. The van der Waals surface area contributed by atoms with Crippen molar-refractivity contribution in [1.29, 1.82) is 0 Å². The number of aliphatic hydroxyl groups is 1. The van der Waals surface area contributed by atoms with Crippen molar-refractivity contribution >= 4 is 0 Å². The van der Waals surface area contributed by atoms with E-state index in [1.807, 2.05) is 14.1 Å². The summed E-state index contributed by atoms with van der Waals surface area (Å²) in [6, 6.07) is 6.52. The highest BCUT2D eigenvalue weighted by atomic mass is 19.1. The van der Waals surface area contributed by atoms with E-state index in [1.54, 1.807) is 18.2 Å². The predicted octanol–water partition coefficient (Wildman–Crippen LogP) is 0.966. The lowest BCUT2D eigenvalue weighted by molar-refractivity contribution is -0.0585. The van der Waals surface area contributed by atoms with Gasteiger partial charge in [0.15, 0.2) is 0 Å². The van der Waals surface area contributed by atoms with Crippen LogP contribution in [-0.2, 0) is 16.1 Å². The summed E-state index contributed by atoms with van der Waals surface area (Å²) >= 11 is 0. The minimum atomic E-state index is -0.583. The average Bonchev–Trinajstić information content (AvgIpc) is 2.49. The zero-order valence-corrected chi connectivity index (χ0v) is 13.9. The van der Waals surface area contributed by atoms with Gasteiger partial charge in [-0.15, -0.1) is 0 Å². The van der Waals surface area contributed by atoms with Crippen LogP contribution in [0.1, 0.15) is 5.56 Å². The Hall–Kier alpha value is -1.05. The number of nitrogens with zero attached hydrogens (tertiary/aromatic N) is 2. The molecule has 1 aromatic carbocycles. The van der Waals surface area contributed by atoms with E-state index < -0.39 is 6.10 Å². The van der Waals surface area contributed by atoms with Gasteiger partial charge in [0.1, 0.15) is 5.82 Å². The number of hydrogen-bond donors (Lipinski definition) is 1. The first-order valence-electron chi connectivity index (χ1n) is 8.02. The molecule has 1 fully saturated rings. The molecule has 1 N–H and O–H groups in total. The molecule has 0 amide bonds. The lowest BCUT2D eigenvalue weighted by atomic mass is 10.2. The maximum Gasteiger partial charge on any atom is 0.128 e. The number of likely N-dealkylation sites (N-methyl/N-ethyl adjacent to an activating group) is 1. The molecule has 0 aliphatic carbocycles. The minimum absolute atomic E-state index is 0.172. The normalized spacial score (nSPS) is 20.8. The second-order valence-electron chi connectivity index (χ2n) is 6.27. The van der Waals surface area contributed by atoms with Crippen LogP contribution in [0.25, 0.3) is 0 Å². The molecule has 1 saturated heterocycles. The van der Waals surface area contributed by atoms with Crippen molar-refractivity contribution < 1.29 is 19.0 Å². The van der Waals surface area contributed by atoms with Gasteiger partial charge in [-0.25, -0.2) is 4.39 Å². The molecule has 2 rings (SSSR count). The lowest BCUT2D eigenvalue weighted by Crippen LogP contribution is -2.49. The minimum Gasteiger partial charge on any atom is -0.389 e. The zero-order valence-electron chi connectivity index (χ0n) is 13.9. The van der Waals surface area contributed by atoms with E-state index in [4.69, 9.17) is 9.47 Å². The number of halogens is 1. The van der Waals surface area contributed by atoms with Gasteiger partial charge in [0, 0.05) is 31.7 Å². The average molecular weight is 326 g/mol. The van der Waals surface area contributed by atoms with Crippen LogP contribution in [0, 0.1) is 5.82 Å². The third-order valence-electron chi connectivity index (χ3n) is 3.79. The number of benzene rings is 1. The standard InChI is InChI=1S/C17H27FN2O3/c1-19(2)10-16-11-20(7-8-23-16)9-15(21)13-22-12-14-5-3-4-6-17(14)18/h3-6,15-16,21H,7-13H2,1-2H3/t15-,16-/m0/s1. The molecule has 0 saturated carbocycles. The molecule has 1 heterocycles. The molecule has 6 heteroatoms. The second-order valence-corrected chi connectivity index (χ2v) is 6.27. The fraction of sp³-hybridized carbons (Fsp3) is 0.647. The number of aliphatic hydroxyl groups excluding tert-OH is 1. The molecule has 1 aromatic rings. The molecule has 5 nitrogen and oxygen atoms in total. The van der Waals surface area contributed by atoms with Crippen LogP contribution in [0.3, 0.4) is 0 Å². The van der Waals surface area contributed by atoms with E-state index in [-0.39, 0.29) is 25.1 Å². The summed E-state index contributed by atoms with van der Waals surface area (Å²) in [5.74, 6) is -0.276. The quantitative estimate of drug-likeness (QED) is 0.771. The third kappa shape index (κ3) is 6.53. The summed E-state index contributed by atoms with van der Waals surface area (Å²) < 4.78 is 24.6. The van der Waals surface area contributed by atoms with Crippen molar-refractivity contribution in [3.8, 4) is 0 Å². The molecular weight excluding hydrogens is 299 g/mol. The molecule has 0 bridgehead atoms. The Morgan fingerprint density at radius 2 is 2.22 bits per heavy atom. The van der Waals surface area contributed by atoms with Gasteiger partial charge in [0.25, 0.3) is 0 Å². The molecule has 23 heavy (non-hydrogen) atoms. The Morgan fingerprint density at radius 1 is 1.43 bits per heavy atom. The Morgan fingerprint density at radius 3 is 2.96 bits per heavy atom. The number of morpholine rings is 1. The van der Waals surface area contributed by atoms with Crippen molar-refractivity contribution in [3.05, 3.63) is 35.6 Å². The van der Waals surface area contributed by atoms with Crippen molar-refractivity contribution in [1.82, 2.24) is 9.80 Å². The van der Waals surface area contributed by atoms with Crippen LogP contribution in [0.2, 0.25) is 0 Å². The topological polar surface area (TPSA) is 45.2 Å². The highest BCUT2D eigenvalue weighted by molar-refractivity contribution is 5.16. The first-order chi connectivity index (χ1) is 11.0. The van der Waals surface area contributed by atoms with E-state index in [9.17, 15) is 9.50 Å². The van der Waals surface area contributed by atoms with E-state index in [0.717, 1.165) is 19.6 Å². The van der Waals surface area contributed by atoms with Gasteiger partial charge in [0.2, 0.25) is 0 Å². The maximum atomic E-state index is 13.5. The molecule has 1 aliphatic heterocycles. The predicted molar refractivity (Wildman–Crippen MR) is 86.8 cm³/mol. The maximum absolute atomic E-state index is 13.5. The van der Waals surface area contributed by atoms with Crippen LogP contribution in [-0.4, -0.2) is 80.6 Å². The fourth-order valence-corrected chi connectivity index (χ4v) is 2.74. The largest absolute Gasteiger partial charge is 0.389 e. The van der Waals surface area contributed by atoms with Crippen LogP contribution in [0.5, 0.6) is 0 Å². The van der Waals surface area contributed by atoms with Crippen LogP contribution >= 0.6 is 0 Å². The Kier molecular flexibility index (Phi) is 7.39. The van der Waals surface area contributed by atoms with E-state index in [2.05, 4.69) is 9.80 Å². The molecule has 0 aromatic heterocycles. The summed E-state index contributed by atoms with van der Waals surface area (Å²) in [5.41, 5.74) is 0.511. The number of hydrogen-bond acceptors (Lipinski definition) is 5. The summed E-state index contributed by atoms with van der Waals surface area (Å²) in [4.78, 5) is 4.29. The monoisotopic (exact) mass is 326 g/mol. The molecule has 0 radical (unpaired) electrons. The van der Waals surface area contributed by atoms with Crippen LogP contribution in [0.4, 0.5) is 4.39 Å². The van der Waals surface area contributed by atoms with Gasteiger partial charge in [-0.3, -0.25) is 4.90 Å². The van der Waals surface area contributed by atoms with Gasteiger partial charge < -0.3 is 19.5 Å². The highest BCUT2D eigenvalue weighted by Gasteiger charge is 2.22. The van der Waals surface area contributed by atoms with Gasteiger partial charge >= 0.3 is 0 Å². The third-order valence-corrected chi connectivity index (χ3v) is 3.79. The Labute approximate surface area is 137 Å². The molecule has 0 spiro atoms. The van der Waals surface area contributed by atoms with Crippen molar-refractivity contribution in [2.75, 3.05) is 53.5 Å². The summed E-state index contributed by atoms with van der Waals surface area (Å²) in [7, 11) is 4.04. The molecule has 2 atom stereocenters. The van der Waals surface area contributed by atoms with Crippen molar-refractivity contribution in [2.45, 2.75) is 18.8 Å². The van der Waals surface area contributed by atoms with Crippen LogP contribution in [0.15, 0.2) is 24.3 Å². The van der Waals surface area contributed by atoms with Crippen LogP contribution < -0.4 is 0 Å². The van der Waals surface area contributed by atoms with Gasteiger partial charge in [-0.05, 0) is 20.2 Å². The smallest absolute Gasteiger partial charge is 0.128 e. The SMILES string of the molecule is CN(C)C[C@H]1CN(C[C@H](O)COCc2ccccc2F)CCO1. The fourth-order valence-electron chi connectivity index (χ4n) is 2.74. The zero-order chi connectivity index (χ0) is 16.7. The number of ether oxygens (including phenoxy) is 2. The summed E-state index contributed by atoms with van der Waals surface area (Å²) in [6.07, 6.45) is -0.412. The second kappa shape index (κ2) is 9.30. The number of β-amino-alcohol motifs (C(OH)–C–C–N with tert-alkyl or cyclic N) is 1. The van der Waals surface area contributed by atoms with E-state index in [0.29, 0.717) is 18.7 Å². The molecular formula is C17H27FN2O3. The molecule has 0 unspecified atom stereocenters. The van der Waals surface area contributed by atoms with E-state index in [1.165, 1.54) is 6.07 Å². The van der Waals surface area contributed by atoms with Gasteiger partial charge in [-0.1, -0.05) is 18.2 Å². The van der Waals surface area contributed by atoms with Crippen molar-refractivity contribution in [2.24, 2.45) is 0 Å². The molecule has 130 valence electrons. The van der Waals surface area contributed by atoms with Gasteiger partial charge in [0.05, 0.1) is 32.0 Å². The first-order valence-corrected chi connectivity index (χ1v) is 8.02. The van der Waals surface area contributed by atoms with Crippen molar-refractivity contribution in [3.63, 3.8) is 0 Å². The highest BCUT2D eigenvalue weighted by Crippen LogP contribution is 2.09. The summed E-state index contributed by atoms with van der Waals surface area (Å²) in [6.45, 7) is 4.10. The summed E-state index contributed by atoms with van der Waals surface area (Å²) in [5, 5.41) is 10.1. The Bertz CT molecular complexity index is 473. The number of rotatable bonds is 8. The van der Waals surface area contributed by atoms with Gasteiger partial charge in [-0.2, -0.15) is 0 Å². The lowest BCUT2D eigenvalue weighted by Gasteiger charge is -2.35. The Balaban J connectivity index is 1.68. The van der Waals surface area contributed by atoms with E-state index >= 15 is 0 Å².